The monoisotopic (exact) mass is 614 g/mol. The number of para-hydroxylation sites is 4. The first-order chi connectivity index (χ1) is 20.5. The summed E-state index contributed by atoms with van der Waals surface area (Å²) in [6.45, 7) is 0.598. The Morgan fingerprint density at radius 1 is 0.357 bits per heavy atom. The van der Waals surface area contributed by atoms with Crippen molar-refractivity contribution in [3.8, 4) is 23.0 Å². The number of hydrogen-bond donors (Lipinski definition) is 0. The van der Waals surface area contributed by atoms with Gasteiger partial charge in [-0.15, -0.1) is 0 Å². The first-order valence-corrected chi connectivity index (χ1v) is 16.1. The van der Waals surface area contributed by atoms with Gasteiger partial charge in [0.15, 0.2) is 0 Å². The second-order valence-corrected chi connectivity index (χ2v) is 11.4. The van der Waals surface area contributed by atoms with E-state index in [-0.39, 0.29) is 39.6 Å². The Kier molecular flexibility index (Phi) is 12.5. The van der Waals surface area contributed by atoms with E-state index < -0.39 is 15.6 Å². The van der Waals surface area contributed by atoms with Gasteiger partial charge in [0.2, 0.25) is 0 Å². The zero-order chi connectivity index (χ0) is 29.4. The number of ether oxygens (including phenoxy) is 2. The molecule has 0 N–H and O–H groups in total. The Balaban J connectivity index is 1.15. The van der Waals surface area contributed by atoms with E-state index in [9.17, 15) is 9.13 Å². The Morgan fingerprint density at radius 3 is 0.857 bits per heavy atom. The van der Waals surface area contributed by atoms with Crippen molar-refractivity contribution in [3.63, 3.8) is 0 Å². The van der Waals surface area contributed by atoms with Gasteiger partial charge in [-0.05, 0) is 48.5 Å². The fraction of sp³-hybridized carbons (Fsp3) is 0.200. The molecule has 0 spiro atoms. The van der Waals surface area contributed by atoms with Crippen LogP contribution in [0.2, 0.25) is 0 Å². The van der Waals surface area contributed by atoms with Crippen molar-refractivity contribution in [2.24, 2.45) is 0 Å². The van der Waals surface area contributed by atoms with Crippen LogP contribution in [-0.2, 0) is 27.7 Å². The third-order valence-corrected chi connectivity index (χ3v) is 7.90. The summed E-state index contributed by atoms with van der Waals surface area (Å²) in [6, 6.07) is 34.5. The van der Waals surface area contributed by atoms with Crippen LogP contribution in [0, 0.1) is 0 Å². The maximum absolute atomic E-state index is 13.3. The van der Waals surface area contributed by atoms with Crippen LogP contribution in [0.5, 0.6) is 23.0 Å². The van der Waals surface area contributed by atoms with Gasteiger partial charge in [0, 0.05) is 0 Å². The molecule has 12 heteroatoms. The minimum absolute atomic E-state index is 0.0448. The summed E-state index contributed by atoms with van der Waals surface area (Å²) in [5.41, 5.74) is 0. The first-order valence-electron chi connectivity index (χ1n) is 13.2. The van der Waals surface area contributed by atoms with Gasteiger partial charge in [-0.3, -0.25) is 9.05 Å². The summed E-state index contributed by atoms with van der Waals surface area (Å²) in [4.78, 5) is 0. The molecule has 0 heterocycles. The van der Waals surface area contributed by atoms with E-state index in [4.69, 9.17) is 36.6 Å². The van der Waals surface area contributed by atoms with E-state index in [0.717, 1.165) is 0 Å². The molecule has 0 fully saturated rings. The Morgan fingerprint density at radius 2 is 0.595 bits per heavy atom. The van der Waals surface area contributed by atoms with Crippen LogP contribution in [0.25, 0.3) is 0 Å². The van der Waals surface area contributed by atoms with Crippen LogP contribution >= 0.6 is 15.6 Å². The van der Waals surface area contributed by atoms with Crippen LogP contribution in [0.3, 0.4) is 0 Å². The van der Waals surface area contributed by atoms with E-state index in [2.05, 4.69) is 0 Å². The van der Waals surface area contributed by atoms with Crippen LogP contribution in [0.1, 0.15) is 0 Å². The van der Waals surface area contributed by atoms with Gasteiger partial charge in [-0.25, -0.2) is 9.13 Å². The van der Waals surface area contributed by atoms with Gasteiger partial charge in [0.05, 0.1) is 39.6 Å². The molecular weight excluding hydrogens is 582 g/mol. The maximum Gasteiger partial charge on any atom is 0.587 e. The summed E-state index contributed by atoms with van der Waals surface area (Å²) >= 11 is 0. The molecular formula is C30H32O10P2. The third-order valence-electron chi connectivity index (χ3n) is 5.17. The van der Waals surface area contributed by atoms with Gasteiger partial charge in [0.1, 0.15) is 23.0 Å². The zero-order valence-corrected chi connectivity index (χ0v) is 24.6. The third kappa shape index (κ3) is 11.3. The first kappa shape index (κ1) is 31.3. The minimum atomic E-state index is -3.98. The fourth-order valence-electron chi connectivity index (χ4n) is 3.32. The van der Waals surface area contributed by atoms with Crippen molar-refractivity contribution in [3.05, 3.63) is 121 Å². The molecule has 0 atom stereocenters. The van der Waals surface area contributed by atoms with Gasteiger partial charge in [-0.2, -0.15) is 0 Å². The number of rotatable bonds is 19. The molecule has 42 heavy (non-hydrogen) atoms. The molecule has 0 amide bonds. The summed E-state index contributed by atoms with van der Waals surface area (Å²) in [7, 11) is -7.96. The summed E-state index contributed by atoms with van der Waals surface area (Å²) in [6.07, 6.45) is 0. The molecule has 0 radical (unpaired) electrons. The molecule has 0 bridgehead atoms. The van der Waals surface area contributed by atoms with E-state index >= 15 is 0 Å². The second kappa shape index (κ2) is 16.7. The molecule has 0 aliphatic carbocycles. The predicted molar refractivity (Wildman–Crippen MR) is 157 cm³/mol. The van der Waals surface area contributed by atoms with Crippen LogP contribution in [0.15, 0.2) is 121 Å². The van der Waals surface area contributed by atoms with E-state index in [1.54, 1.807) is 97.1 Å². The number of phosphoric ester groups is 2. The Bertz CT molecular complexity index is 1190. The highest BCUT2D eigenvalue weighted by molar-refractivity contribution is 7.49. The molecule has 4 aromatic carbocycles. The molecule has 0 unspecified atom stereocenters. The molecule has 4 rings (SSSR count). The van der Waals surface area contributed by atoms with Gasteiger partial charge in [-0.1, -0.05) is 72.8 Å². The lowest BCUT2D eigenvalue weighted by molar-refractivity contribution is 0.0223. The van der Waals surface area contributed by atoms with E-state index in [1.165, 1.54) is 0 Å². The highest BCUT2D eigenvalue weighted by Gasteiger charge is 2.31. The van der Waals surface area contributed by atoms with Gasteiger partial charge >= 0.3 is 15.6 Å². The van der Waals surface area contributed by atoms with Crippen LogP contribution in [-0.4, -0.2) is 39.6 Å². The molecule has 10 nitrogen and oxygen atoms in total. The average Bonchev–Trinajstić information content (AvgIpc) is 3.00. The summed E-state index contributed by atoms with van der Waals surface area (Å²) in [5, 5.41) is 0. The lowest BCUT2D eigenvalue weighted by atomic mass is 10.3. The van der Waals surface area contributed by atoms with Crippen molar-refractivity contribution < 1.29 is 45.7 Å². The van der Waals surface area contributed by atoms with Crippen molar-refractivity contribution in [1.82, 2.24) is 0 Å². The highest BCUT2D eigenvalue weighted by atomic mass is 31.2. The van der Waals surface area contributed by atoms with Gasteiger partial charge < -0.3 is 27.6 Å². The summed E-state index contributed by atoms with van der Waals surface area (Å²) < 4.78 is 70.7. The van der Waals surface area contributed by atoms with Crippen molar-refractivity contribution >= 4 is 15.6 Å². The van der Waals surface area contributed by atoms with Crippen LogP contribution < -0.4 is 18.1 Å². The lowest BCUT2D eigenvalue weighted by Gasteiger charge is -2.19. The quantitative estimate of drug-likeness (QED) is 0.0774. The topological polar surface area (TPSA) is 108 Å². The molecule has 0 saturated carbocycles. The molecule has 4 aromatic rings. The van der Waals surface area contributed by atoms with Crippen molar-refractivity contribution in [2.45, 2.75) is 0 Å². The predicted octanol–water partition coefficient (Wildman–Crippen LogP) is 7.59. The zero-order valence-electron chi connectivity index (χ0n) is 22.8. The van der Waals surface area contributed by atoms with E-state index in [1.807, 2.05) is 24.3 Å². The molecule has 0 aliphatic heterocycles. The normalized spacial score (nSPS) is 11.5. The Labute approximate surface area is 245 Å². The molecule has 0 saturated heterocycles. The molecule has 222 valence electrons. The van der Waals surface area contributed by atoms with Crippen LogP contribution in [0.4, 0.5) is 0 Å². The average molecular weight is 615 g/mol. The largest absolute Gasteiger partial charge is 0.587 e. The van der Waals surface area contributed by atoms with E-state index in [0.29, 0.717) is 23.0 Å². The number of benzene rings is 4. The van der Waals surface area contributed by atoms with Crippen molar-refractivity contribution in [2.75, 3.05) is 39.6 Å². The van der Waals surface area contributed by atoms with Crippen molar-refractivity contribution in [1.29, 1.82) is 0 Å². The molecule has 0 aromatic heterocycles. The smallest absolute Gasteiger partial charge is 0.395 e. The maximum atomic E-state index is 13.3. The summed E-state index contributed by atoms with van der Waals surface area (Å²) in [5.74, 6) is 1.39. The highest BCUT2D eigenvalue weighted by Crippen LogP contribution is 2.50. The fourth-order valence-corrected chi connectivity index (χ4v) is 5.72. The Hall–Kier alpha value is -3.62. The lowest BCUT2D eigenvalue weighted by Crippen LogP contribution is -2.14. The standard InChI is InChI=1S/C30H32O10P2/c31-41(37-27-13-5-1-6-14-27,38-28-15-7-2-8-16-28)35-25-23-33-21-22-34-24-26-36-42(32,39-29-17-9-3-10-18-29)40-30-19-11-4-12-20-30/h1-20H,21-26H2. The van der Waals surface area contributed by atoms with Gasteiger partial charge in [0.25, 0.3) is 0 Å². The molecule has 0 aliphatic rings. The number of hydrogen-bond acceptors (Lipinski definition) is 10. The minimum Gasteiger partial charge on any atom is -0.395 e. The number of phosphoric acid groups is 2. The second-order valence-electron chi connectivity index (χ2n) is 8.40. The SMILES string of the molecule is O=P(OCCOCCOCCOP(=O)(Oc1ccccc1)Oc1ccccc1)(Oc1ccccc1)Oc1ccccc1.